The summed E-state index contributed by atoms with van der Waals surface area (Å²) in [6.45, 7) is 0. The van der Waals surface area contributed by atoms with Gasteiger partial charge in [-0.05, 0) is 24.3 Å². The summed E-state index contributed by atoms with van der Waals surface area (Å²) in [5, 5.41) is 5.31. The summed E-state index contributed by atoms with van der Waals surface area (Å²) in [5.41, 5.74) is 1.16. The predicted molar refractivity (Wildman–Crippen MR) is 77.9 cm³/mol. The van der Waals surface area contributed by atoms with Crippen LogP contribution < -0.4 is 0 Å². The lowest BCUT2D eigenvalue weighted by Crippen LogP contribution is -2.07. The summed E-state index contributed by atoms with van der Waals surface area (Å²) in [6, 6.07) is 11.0. The third-order valence-corrected chi connectivity index (χ3v) is 3.37. The largest absolute Gasteiger partial charge is 0.464 e. The van der Waals surface area contributed by atoms with Crippen molar-refractivity contribution in [2.75, 3.05) is 7.11 Å². The molecule has 0 fully saturated rings. The van der Waals surface area contributed by atoms with Gasteiger partial charge in [0.05, 0.1) is 18.8 Å². The molecule has 1 aromatic carbocycles. The molecule has 0 unspecified atom stereocenters. The molecule has 3 rings (SSSR count). The van der Waals surface area contributed by atoms with E-state index in [0.29, 0.717) is 5.82 Å². The fourth-order valence-electron chi connectivity index (χ4n) is 1.93. The summed E-state index contributed by atoms with van der Waals surface area (Å²) in [5.74, 6) is 0.102. The molecule has 0 aliphatic rings. The Morgan fingerprint density at radius 3 is 2.95 bits per heavy atom. The van der Waals surface area contributed by atoms with Gasteiger partial charge in [-0.15, -0.1) is 0 Å². The third kappa shape index (κ3) is 2.18. The van der Waals surface area contributed by atoms with E-state index in [9.17, 15) is 4.79 Å². The molecule has 0 aliphatic carbocycles. The molecule has 0 radical (unpaired) electrons. The quantitative estimate of drug-likeness (QED) is 0.677. The van der Waals surface area contributed by atoms with E-state index >= 15 is 0 Å². The van der Waals surface area contributed by atoms with Crippen molar-refractivity contribution in [3.05, 3.63) is 52.8 Å². The number of halogens is 1. The molecule has 2 heterocycles. The zero-order valence-electron chi connectivity index (χ0n) is 10.6. The maximum Gasteiger partial charge on any atom is 0.356 e. The van der Waals surface area contributed by atoms with Crippen molar-refractivity contribution < 1.29 is 9.53 Å². The van der Waals surface area contributed by atoms with Crippen LogP contribution >= 0.6 is 15.9 Å². The molecule has 20 heavy (non-hydrogen) atoms. The van der Waals surface area contributed by atoms with Crippen LogP contribution in [-0.2, 0) is 4.74 Å². The van der Waals surface area contributed by atoms with Gasteiger partial charge in [0.1, 0.15) is 0 Å². The van der Waals surface area contributed by atoms with Crippen LogP contribution in [-0.4, -0.2) is 27.8 Å². The molecule has 5 nitrogen and oxygen atoms in total. The summed E-state index contributed by atoms with van der Waals surface area (Å²) in [6.07, 6.45) is 1.76. The number of ether oxygens (including phenoxy) is 1. The van der Waals surface area contributed by atoms with Gasteiger partial charge in [-0.25, -0.2) is 14.5 Å². The molecule has 0 saturated carbocycles. The Morgan fingerprint density at radius 2 is 2.15 bits per heavy atom. The summed E-state index contributed by atoms with van der Waals surface area (Å²) in [7, 11) is 1.33. The molecule has 0 atom stereocenters. The Bertz CT molecular complexity index is 798. The van der Waals surface area contributed by atoms with Crippen LogP contribution in [0.4, 0.5) is 0 Å². The second-order valence-electron chi connectivity index (χ2n) is 4.13. The zero-order chi connectivity index (χ0) is 14.1. The second-order valence-corrected chi connectivity index (χ2v) is 5.05. The minimum absolute atomic E-state index is 0.253. The van der Waals surface area contributed by atoms with E-state index in [4.69, 9.17) is 0 Å². The van der Waals surface area contributed by atoms with Crippen molar-refractivity contribution in [2.45, 2.75) is 0 Å². The van der Waals surface area contributed by atoms with Gasteiger partial charge in [-0.3, -0.25) is 0 Å². The van der Waals surface area contributed by atoms with E-state index in [1.807, 2.05) is 18.2 Å². The highest BCUT2D eigenvalue weighted by molar-refractivity contribution is 9.10. The number of carbonyl (C=O) groups is 1. The van der Waals surface area contributed by atoms with Crippen molar-refractivity contribution in [2.24, 2.45) is 0 Å². The van der Waals surface area contributed by atoms with E-state index in [2.05, 4.69) is 30.7 Å². The van der Waals surface area contributed by atoms with Crippen molar-refractivity contribution in [1.29, 1.82) is 0 Å². The molecule has 0 bridgehead atoms. The summed E-state index contributed by atoms with van der Waals surface area (Å²) < 4.78 is 7.32. The number of hydrogen-bond acceptors (Lipinski definition) is 4. The van der Waals surface area contributed by atoms with E-state index in [-0.39, 0.29) is 5.69 Å². The normalized spacial score (nSPS) is 10.7. The maximum absolute atomic E-state index is 11.5. The Kier molecular flexibility index (Phi) is 3.23. The Balaban J connectivity index is 2.16. The average Bonchev–Trinajstić information content (AvgIpc) is 2.89. The fourth-order valence-corrected chi connectivity index (χ4v) is 2.28. The standard InChI is InChI=1S/C14H10BrN3O2/c1-20-14(19)11-3-2-4-13(17-11)18-12-7-10(15)6-5-9(12)8-16-18/h2-8H,1H3. The van der Waals surface area contributed by atoms with Crippen molar-refractivity contribution in [3.63, 3.8) is 0 Å². The van der Waals surface area contributed by atoms with Crippen LogP contribution in [0.5, 0.6) is 0 Å². The van der Waals surface area contributed by atoms with Crippen molar-refractivity contribution in [1.82, 2.24) is 14.8 Å². The number of pyridine rings is 1. The SMILES string of the molecule is COC(=O)c1cccc(-n2ncc3ccc(Br)cc32)n1. The molecule has 2 aromatic heterocycles. The molecule has 0 aliphatic heterocycles. The van der Waals surface area contributed by atoms with Gasteiger partial charge < -0.3 is 4.74 Å². The van der Waals surface area contributed by atoms with Gasteiger partial charge >= 0.3 is 5.97 Å². The van der Waals surface area contributed by atoms with Gasteiger partial charge in [-0.1, -0.05) is 28.1 Å². The summed E-state index contributed by atoms with van der Waals surface area (Å²) in [4.78, 5) is 15.8. The number of esters is 1. The molecular formula is C14H10BrN3O2. The second kappa shape index (κ2) is 5.05. The van der Waals surface area contributed by atoms with E-state index in [0.717, 1.165) is 15.4 Å². The van der Waals surface area contributed by atoms with Crippen LogP contribution in [0.1, 0.15) is 10.5 Å². The molecule has 0 spiro atoms. The number of nitrogens with zero attached hydrogens (tertiary/aromatic N) is 3. The molecule has 0 N–H and O–H groups in total. The lowest BCUT2D eigenvalue weighted by atomic mass is 10.2. The lowest BCUT2D eigenvalue weighted by molar-refractivity contribution is 0.0594. The van der Waals surface area contributed by atoms with Gasteiger partial charge in [0.25, 0.3) is 0 Å². The first kappa shape index (κ1) is 12.8. The van der Waals surface area contributed by atoms with Crippen LogP contribution in [0.2, 0.25) is 0 Å². The van der Waals surface area contributed by atoms with Crippen LogP contribution in [0, 0.1) is 0 Å². The number of rotatable bonds is 2. The fraction of sp³-hybridized carbons (Fsp3) is 0.0714. The minimum Gasteiger partial charge on any atom is -0.464 e. The first-order valence-corrected chi connectivity index (χ1v) is 6.67. The first-order valence-electron chi connectivity index (χ1n) is 5.88. The Hall–Kier alpha value is -2.21. The highest BCUT2D eigenvalue weighted by atomic mass is 79.9. The number of benzene rings is 1. The smallest absolute Gasteiger partial charge is 0.356 e. The van der Waals surface area contributed by atoms with Crippen molar-refractivity contribution in [3.8, 4) is 5.82 Å². The van der Waals surface area contributed by atoms with E-state index in [1.54, 1.807) is 29.1 Å². The highest BCUT2D eigenvalue weighted by Crippen LogP contribution is 2.21. The van der Waals surface area contributed by atoms with Crippen LogP contribution in [0.3, 0.4) is 0 Å². The van der Waals surface area contributed by atoms with E-state index in [1.165, 1.54) is 7.11 Å². The summed E-state index contributed by atoms with van der Waals surface area (Å²) >= 11 is 3.44. The third-order valence-electron chi connectivity index (χ3n) is 2.88. The number of carbonyl (C=O) groups excluding carboxylic acids is 1. The lowest BCUT2D eigenvalue weighted by Gasteiger charge is -2.05. The van der Waals surface area contributed by atoms with Gasteiger partial charge in [0.2, 0.25) is 0 Å². The van der Waals surface area contributed by atoms with E-state index < -0.39 is 5.97 Å². The molecule has 3 aromatic rings. The van der Waals surface area contributed by atoms with Gasteiger partial charge in [0.15, 0.2) is 11.5 Å². The monoisotopic (exact) mass is 331 g/mol. The Morgan fingerprint density at radius 1 is 1.30 bits per heavy atom. The number of hydrogen-bond donors (Lipinski definition) is 0. The van der Waals surface area contributed by atoms with Gasteiger partial charge in [-0.2, -0.15) is 5.10 Å². The average molecular weight is 332 g/mol. The number of fused-ring (bicyclic) bond motifs is 1. The molecule has 0 saturated heterocycles. The highest BCUT2D eigenvalue weighted by Gasteiger charge is 2.11. The zero-order valence-corrected chi connectivity index (χ0v) is 12.2. The number of aromatic nitrogens is 3. The minimum atomic E-state index is -0.468. The number of methoxy groups -OCH3 is 1. The first-order chi connectivity index (χ1) is 9.69. The van der Waals surface area contributed by atoms with Crippen LogP contribution in [0.25, 0.3) is 16.7 Å². The molecule has 6 heteroatoms. The molecular weight excluding hydrogens is 322 g/mol. The van der Waals surface area contributed by atoms with Crippen LogP contribution in [0.15, 0.2) is 47.1 Å². The topological polar surface area (TPSA) is 57.0 Å². The maximum atomic E-state index is 11.5. The molecule has 100 valence electrons. The predicted octanol–water partition coefficient (Wildman–Crippen LogP) is 2.97. The molecule has 0 amide bonds. The van der Waals surface area contributed by atoms with Crippen molar-refractivity contribution >= 4 is 32.8 Å². The Labute approximate surface area is 123 Å². The van der Waals surface area contributed by atoms with Gasteiger partial charge in [0, 0.05) is 9.86 Å².